The Morgan fingerprint density at radius 1 is 1.32 bits per heavy atom. The number of nitrogens with zero attached hydrogens (tertiary/aromatic N) is 1. The zero-order chi connectivity index (χ0) is 13.5. The van der Waals surface area contributed by atoms with Gasteiger partial charge in [0, 0.05) is 6.54 Å². The van der Waals surface area contributed by atoms with Crippen LogP contribution in [0, 0.1) is 0 Å². The Morgan fingerprint density at radius 3 is 2.84 bits per heavy atom. The lowest BCUT2D eigenvalue weighted by atomic mass is 10.1. The molecule has 1 aromatic rings. The van der Waals surface area contributed by atoms with Gasteiger partial charge in [-0.25, -0.2) is 0 Å². The molecule has 0 radical (unpaired) electrons. The highest BCUT2D eigenvalue weighted by atomic mass is 16.4. The van der Waals surface area contributed by atoms with Crippen LogP contribution in [0.15, 0.2) is 16.5 Å². The molecule has 4 heteroatoms. The Balaban J connectivity index is 1.82. The van der Waals surface area contributed by atoms with E-state index in [4.69, 9.17) is 4.42 Å². The molecule has 1 aliphatic rings. The molecule has 1 aliphatic heterocycles. The molecule has 0 atom stereocenters. The molecule has 106 valence electrons. The van der Waals surface area contributed by atoms with Crippen molar-refractivity contribution in [2.75, 3.05) is 19.6 Å². The van der Waals surface area contributed by atoms with Gasteiger partial charge in [-0.2, -0.15) is 0 Å². The number of hydrogen-bond acceptors (Lipinski definition) is 3. The Bertz CT molecular complexity index is 395. The quantitative estimate of drug-likeness (QED) is 0.804. The maximum Gasteiger partial charge on any atom is 0.286 e. The van der Waals surface area contributed by atoms with E-state index in [1.54, 1.807) is 6.07 Å². The number of unbranched alkanes of at least 4 members (excludes halogenated alkanes) is 1. The predicted octanol–water partition coefficient (Wildman–Crippen LogP) is 2.80. The van der Waals surface area contributed by atoms with Crippen molar-refractivity contribution in [3.63, 3.8) is 0 Å². The standard InChI is InChI=1S/C15H24N2O2/c1-2-3-9-16-15(18)14-8-7-13(19-14)12-17-10-5-4-6-11-17/h7-8H,2-6,9-12H2,1H3,(H,16,18). The van der Waals surface area contributed by atoms with Crippen LogP contribution in [0.5, 0.6) is 0 Å². The predicted molar refractivity (Wildman–Crippen MR) is 75.1 cm³/mol. The van der Waals surface area contributed by atoms with E-state index >= 15 is 0 Å². The van der Waals surface area contributed by atoms with E-state index in [1.165, 1.54) is 19.3 Å². The topological polar surface area (TPSA) is 45.5 Å². The third-order valence-electron chi connectivity index (χ3n) is 3.53. The van der Waals surface area contributed by atoms with Crippen LogP contribution in [0.1, 0.15) is 55.3 Å². The van der Waals surface area contributed by atoms with Crippen LogP contribution in [0.2, 0.25) is 0 Å². The Morgan fingerprint density at radius 2 is 2.11 bits per heavy atom. The molecule has 1 fully saturated rings. The number of carbonyl (C=O) groups excluding carboxylic acids is 1. The Kier molecular flexibility index (Phi) is 5.45. The number of nitrogens with one attached hydrogen (secondary N) is 1. The van der Waals surface area contributed by atoms with Gasteiger partial charge >= 0.3 is 0 Å². The van der Waals surface area contributed by atoms with Gasteiger partial charge in [0.05, 0.1) is 6.54 Å². The average Bonchev–Trinajstić information content (AvgIpc) is 2.89. The van der Waals surface area contributed by atoms with Gasteiger partial charge in [0.15, 0.2) is 5.76 Å². The fourth-order valence-electron chi connectivity index (χ4n) is 2.39. The van der Waals surface area contributed by atoms with E-state index in [2.05, 4.69) is 17.1 Å². The molecule has 0 unspecified atom stereocenters. The molecule has 19 heavy (non-hydrogen) atoms. The van der Waals surface area contributed by atoms with E-state index in [0.29, 0.717) is 5.76 Å². The molecule has 0 spiro atoms. The van der Waals surface area contributed by atoms with Crippen LogP contribution in [0.25, 0.3) is 0 Å². The summed E-state index contributed by atoms with van der Waals surface area (Å²) >= 11 is 0. The van der Waals surface area contributed by atoms with E-state index in [1.807, 2.05) is 6.07 Å². The van der Waals surface area contributed by atoms with Crippen molar-refractivity contribution in [3.8, 4) is 0 Å². The minimum atomic E-state index is -0.0988. The summed E-state index contributed by atoms with van der Waals surface area (Å²) in [6.07, 6.45) is 5.96. The zero-order valence-corrected chi connectivity index (χ0v) is 11.8. The summed E-state index contributed by atoms with van der Waals surface area (Å²) in [5, 5.41) is 2.87. The van der Waals surface area contributed by atoms with Crippen LogP contribution in [0.4, 0.5) is 0 Å². The van der Waals surface area contributed by atoms with Crippen LogP contribution in [-0.2, 0) is 6.54 Å². The molecule has 1 aromatic heterocycles. The van der Waals surface area contributed by atoms with Gasteiger partial charge < -0.3 is 9.73 Å². The molecule has 4 nitrogen and oxygen atoms in total. The SMILES string of the molecule is CCCCNC(=O)c1ccc(CN2CCCCC2)o1. The molecule has 0 bridgehead atoms. The third kappa shape index (κ3) is 4.39. The lowest BCUT2D eigenvalue weighted by Crippen LogP contribution is -2.28. The maximum atomic E-state index is 11.8. The number of piperidine rings is 1. The van der Waals surface area contributed by atoms with Gasteiger partial charge in [-0.3, -0.25) is 9.69 Å². The van der Waals surface area contributed by atoms with Crippen molar-refractivity contribution in [1.29, 1.82) is 0 Å². The van der Waals surface area contributed by atoms with Crippen molar-refractivity contribution >= 4 is 5.91 Å². The molecule has 0 aliphatic carbocycles. The van der Waals surface area contributed by atoms with Crippen LogP contribution in [0.3, 0.4) is 0 Å². The Hall–Kier alpha value is -1.29. The summed E-state index contributed by atoms with van der Waals surface area (Å²) in [5.41, 5.74) is 0. The van der Waals surface area contributed by atoms with Crippen molar-refractivity contribution in [2.45, 2.75) is 45.6 Å². The fraction of sp³-hybridized carbons (Fsp3) is 0.667. The summed E-state index contributed by atoms with van der Waals surface area (Å²) in [6.45, 7) is 5.92. The summed E-state index contributed by atoms with van der Waals surface area (Å²) in [4.78, 5) is 14.2. The van der Waals surface area contributed by atoms with Crippen LogP contribution in [-0.4, -0.2) is 30.4 Å². The molecule has 0 saturated carbocycles. The maximum absolute atomic E-state index is 11.8. The van der Waals surface area contributed by atoms with Gasteiger partial charge in [-0.05, 0) is 44.5 Å². The third-order valence-corrected chi connectivity index (χ3v) is 3.53. The van der Waals surface area contributed by atoms with E-state index < -0.39 is 0 Å². The molecular weight excluding hydrogens is 240 g/mol. The van der Waals surface area contributed by atoms with Crippen molar-refractivity contribution in [2.24, 2.45) is 0 Å². The number of hydrogen-bond donors (Lipinski definition) is 1. The van der Waals surface area contributed by atoms with Gasteiger partial charge in [-0.15, -0.1) is 0 Å². The number of rotatable bonds is 6. The number of carbonyl (C=O) groups is 1. The number of likely N-dealkylation sites (tertiary alicyclic amines) is 1. The normalized spacial score (nSPS) is 16.5. The lowest BCUT2D eigenvalue weighted by molar-refractivity contribution is 0.0921. The van der Waals surface area contributed by atoms with Gasteiger partial charge in [0.25, 0.3) is 5.91 Å². The smallest absolute Gasteiger partial charge is 0.286 e. The summed E-state index contributed by atoms with van der Waals surface area (Å²) < 4.78 is 5.63. The highest BCUT2D eigenvalue weighted by molar-refractivity contribution is 5.91. The first-order valence-electron chi connectivity index (χ1n) is 7.39. The molecule has 1 saturated heterocycles. The van der Waals surface area contributed by atoms with Crippen LogP contribution >= 0.6 is 0 Å². The van der Waals surface area contributed by atoms with Crippen molar-refractivity contribution in [1.82, 2.24) is 10.2 Å². The molecule has 2 heterocycles. The Labute approximate surface area is 115 Å². The van der Waals surface area contributed by atoms with Crippen molar-refractivity contribution in [3.05, 3.63) is 23.7 Å². The molecule has 1 N–H and O–H groups in total. The molecule has 2 rings (SSSR count). The monoisotopic (exact) mass is 264 g/mol. The van der Waals surface area contributed by atoms with Gasteiger partial charge in [0.1, 0.15) is 5.76 Å². The van der Waals surface area contributed by atoms with E-state index in [9.17, 15) is 4.79 Å². The first-order chi connectivity index (χ1) is 9.29. The lowest BCUT2D eigenvalue weighted by Gasteiger charge is -2.25. The average molecular weight is 264 g/mol. The van der Waals surface area contributed by atoms with Crippen molar-refractivity contribution < 1.29 is 9.21 Å². The molecular formula is C15H24N2O2. The number of furan rings is 1. The van der Waals surface area contributed by atoms with E-state index in [-0.39, 0.29) is 5.91 Å². The summed E-state index contributed by atoms with van der Waals surface area (Å²) in [6, 6.07) is 3.70. The largest absolute Gasteiger partial charge is 0.455 e. The van der Waals surface area contributed by atoms with E-state index in [0.717, 1.165) is 44.8 Å². The second kappa shape index (κ2) is 7.34. The number of amides is 1. The summed E-state index contributed by atoms with van der Waals surface area (Å²) in [5.74, 6) is 1.23. The van der Waals surface area contributed by atoms with Gasteiger partial charge in [-0.1, -0.05) is 19.8 Å². The first kappa shape index (κ1) is 14.1. The highest BCUT2D eigenvalue weighted by Gasteiger charge is 2.14. The molecule has 1 amide bonds. The zero-order valence-electron chi connectivity index (χ0n) is 11.8. The minimum Gasteiger partial charge on any atom is -0.455 e. The summed E-state index contributed by atoms with van der Waals surface area (Å²) in [7, 11) is 0. The minimum absolute atomic E-state index is 0.0988. The van der Waals surface area contributed by atoms with Crippen LogP contribution < -0.4 is 5.32 Å². The highest BCUT2D eigenvalue weighted by Crippen LogP contribution is 2.15. The second-order valence-electron chi connectivity index (χ2n) is 5.21. The molecule has 0 aromatic carbocycles. The fourth-order valence-corrected chi connectivity index (χ4v) is 2.39. The second-order valence-corrected chi connectivity index (χ2v) is 5.21. The first-order valence-corrected chi connectivity index (χ1v) is 7.39. The van der Waals surface area contributed by atoms with Gasteiger partial charge in [0.2, 0.25) is 0 Å².